The van der Waals surface area contributed by atoms with Crippen molar-refractivity contribution in [1.29, 1.82) is 0 Å². The van der Waals surface area contributed by atoms with Gasteiger partial charge in [0, 0.05) is 9.90 Å². The van der Waals surface area contributed by atoms with Crippen LogP contribution in [0.3, 0.4) is 0 Å². The summed E-state index contributed by atoms with van der Waals surface area (Å²) in [4.78, 5) is 28.7. The van der Waals surface area contributed by atoms with Gasteiger partial charge in [-0.2, -0.15) is 0 Å². The summed E-state index contributed by atoms with van der Waals surface area (Å²) in [6.07, 6.45) is -2.04. The second-order valence-electron chi connectivity index (χ2n) is 11.8. The van der Waals surface area contributed by atoms with Crippen molar-refractivity contribution in [2.45, 2.75) is 58.0 Å². The summed E-state index contributed by atoms with van der Waals surface area (Å²) in [6, 6.07) is 25.1. The minimum atomic E-state index is -2.38. The van der Waals surface area contributed by atoms with Crippen LogP contribution in [0.2, 0.25) is 28.2 Å². The fourth-order valence-electron chi connectivity index (χ4n) is 4.45. The van der Waals surface area contributed by atoms with Crippen molar-refractivity contribution in [3.8, 4) is 15.5 Å². The van der Waals surface area contributed by atoms with Crippen LogP contribution in [0.4, 0.5) is 10.5 Å². The van der Waals surface area contributed by atoms with Crippen LogP contribution in [-0.2, 0) is 4.43 Å². The van der Waals surface area contributed by atoms with Gasteiger partial charge in [-0.05, 0) is 60.4 Å². The number of hydrogen-bond donors (Lipinski definition) is 1. The van der Waals surface area contributed by atoms with Crippen LogP contribution < -0.4 is 9.64 Å². The topological polar surface area (TPSA) is 76.1 Å². The molecule has 43 heavy (non-hydrogen) atoms. The summed E-state index contributed by atoms with van der Waals surface area (Å²) in [5.41, 5.74) is 2.26. The van der Waals surface area contributed by atoms with Crippen molar-refractivity contribution in [2.24, 2.45) is 0 Å². The molecule has 4 rings (SSSR count). The first-order valence-electron chi connectivity index (χ1n) is 13.8. The van der Waals surface area contributed by atoms with Crippen LogP contribution in [-0.4, -0.2) is 31.5 Å². The predicted molar refractivity (Wildman–Crippen MR) is 179 cm³/mol. The maximum absolute atomic E-state index is 14.6. The van der Waals surface area contributed by atoms with Crippen molar-refractivity contribution in [3.05, 3.63) is 106 Å². The lowest BCUT2D eigenvalue weighted by atomic mass is 10.0. The Bertz CT molecular complexity index is 1590. The average Bonchev–Trinajstić information content (AvgIpc) is 3.34. The molecule has 0 bridgehead atoms. The van der Waals surface area contributed by atoms with Crippen LogP contribution in [0.15, 0.2) is 84.9 Å². The van der Waals surface area contributed by atoms with Gasteiger partial charge < -0.3 is 14.3 Å². The van der Waals surface area contributed by atoms with Crippen LogP contribution in [0, 0.1) is 0 Å². The van der Waals surface area contributed by atoms with E-state index in [9.17, 15) is 14.7 Å². The molecule has 2 atom stereocenters. The van der Waals surface area contributed by atoms with E-state index in [1.54, 1.807) is 23.1 Å². The molecule has 226 valence electrons. The first kappa shape index (κ1) is 32.8. The number of rotatable bonds is 9. The molecule has 0 aliphatic rings. The number of hydrogen-bond acceptors (Lipinski definition) is 5. The van der Waals surface area contributed by atoms with Crippen LogP contribution in [0.5, 0.6) is 5.06 Å². The highest BCUT2D eigenvalue weighted by atomic mass is 35.5. The van der Waals surface area contributed by atoms with E-state index in [-0.39, 0.29) is 20.7 Å². The van der Waals surface area contributed by atoms with E-state index < -0.39 is 32.5 Å². The molecule has 0 saturated heterocycles. The number of amides is 1. The van der Waals surface area contributed by atoms with Crippen molar-refractivity contribution in [3.63, 3.8) is 0 Å². The largest absolute Gasteiger partial charge is 0.512 e. The maximum atomic E-state index is 14.6. The number of carbonyl (C=O) groups is 2. The molecule has 4 aromatic rings. The Morgan fingerprint density at radius 2 is 1.53 bits per heavy atom. The molecular weight excluding hydrogens is 621 g/mol. The number of benzene rings is 3. The quantitative estimate of drug-likeness (QED) is 0.143. The first-order valence-corrected chi connectivity index (χ1v) is 18.3. The molecular formula is C33H35Cl2NO5SSi. The van der Waals surface area contributed by atoms with Gasteiger partial charge in [-0.3, -0.25) is 9.69 Å². The summed E-state index contributed by atoms with van der Waals surface area (Å²) in [5, 5.41) is 10.2. The zero-order valence-electron chi connectivity index (χ0n) is 24.9. The summed E-state index contributed by atoms with van der Waals surface area (Å²) < 4.78 is 12.3. The Kier molecular flexibility index (Phi) is 10.1. The molecule has 3 aromatic carbocycles. The van der Waals surface area contributed by atoms with Crippen molar-refractivity contribution in [1.82, 2.24) is 0 Å². The third-order valence-electron chi connectivity index (χ3n) is 7.76. The molecule has 10 heteroatoms. The summed E-state index contributed by atoms with van der Waals surface area (Å²) in [5.74, 6) is -0.443. The fourth-order valence-corrected chi connectivity index (χ4v) is 7.26. The van der Waals surface area contributed by atoms with Gasteiger partial charge >= 0.3 is 6.16 Å². The van der Waals surface area contributed by atoms with E-state index in [2.05, 4.69) is 33.9 Å². The molecule has 0 radical (unpaired) electrons. The van der Waals surface area contributed by atoms with Gasteiger partial charge in [0.1, 0.15) is 0 Å². The van der Waals surface area contributed by atoms with Crippen molar-refractivity contribution in [2.75, 3.05) is 4.90 Å². The van der Waals surface area contributed by atoms with Gasteiger partial charge in [0.15, 0.2) is 8.32 Å². The number of ether oxygens (including phenoxy) is 1. The van der Waals surface area contributed by atoms with E-state index in [0.29, 0.717) is 10.7 Å². The normalized spacial score (nSPS) is 13.3. The second-order valence-corrected chi connectivity index (χ2v) is 18.4. The van der Waals surface area contributed by atoms with Gasteiger partial charge in [-0.1, -0.05) is 116 Å². The molecule has 0 spiro atoms. The Morgan fingerprint density at radius 1 is 0.930 bits per heavy atom. The monoisotopic (exact) mass is 655 g/mol. The summed E-state index contributed by atoms with van der Waals surface area (Å²) in [7, 11) is -2.38. The predicted octanol–water partition coefficient (Wildman–Crippen LogP) is 10.6. The van der Waals surface area contributed by atoms with Gasteiger partial charge in [0.05, 0.1) is 28.4 Å². The van der Waals surface area contributed by atoms with Crippen LogP contribution in [0.1, 0.15) is 49.7 Å². The standard InChI is InChI=1S/C33H35Cl2NO5SSi/c1-21(29(23-15-11-8-12-16-23)41-43(5,6)33(2,3)4)36(30(37)25-18-17-24(34)19-26(25)35)27-20-28(22-13-9-7-10-14-22)42-31(27)40-32(38)39/h7-21,29H,1-6H3,(H,38,39). The minimum absolute atomic E-state index is 0.0655. The lowest BCUT2D eigenvalue weighted by Gasteiger charge is -2.43. The molecule has 1 N–H and O–H groups in total. The maximum Gasteiger partial charge on any atom is 0.512 e. The number of carboxylic acid groups (broad SMARTS) is 1. The van der Waals surface area contributed by atoms with E-state index in [1.165, 1.54) is 6.07 Å². The Labute approximate surface area is 267 Å². The van der Waals surface area contributed by atoms with E-state index >= 15 is 0 Å². The lowest BCUT2D eigenvalue weighted by Crippen LogP contribution is -2.49. The Hall–Kier alpha value is -3.14. The smallest absolute Gasteiger partial charge is 0.449 e. The van der Waals surface area contributed by atoms with Crippen LogP contribution in [0.25, 0.3) is 10.4 Å². The zero-order chi connectivity index (χ0) is 31.5. The highest BCUT2D eigenvalue weighted by Crippen LogP contribution is 2.47. The van der Waals surface area contributed by atoms with Gasteiger partial charge in [-0.25, -0.2) is 4.79 Å². The zero-order valence-corrected chi connectivity index (χ0v) is 28.3. The highest BCUT2D eigenvalue weighted by molar-refractivity contribution is 7.18. The lowest BCUT2D eigenvalue weighted by molar-refractivity contribution is 0.0928. The molecule has 0 aliphatic heterocycles. The third kappa shape index (κ3) is 7.51. The second kappa shape index (κ2) is 13.2. The average molecular weight is 657 g/mol. The minimum Gasteiger partial charge on any atom is -0.449 e. The van der Waals surface area contributed by atoms with Gasteiger partial charge in [0.25, 0.3) is 5.91 Å². The SMILES string of the molecule is CC(C(O[Si](C)(C)C(C)(C)C)c1ccccc1)N(C(=O)c1ccc(Cl)cc1Cl)c1cc(-c2ccccc2)sc1OC(=O)O. The summed E-state index contributed by atoms with van der Waals surface area (Å²) >= 11 is 13.9. The number of carbonyl (C=O) groups excluding carboxylic acids is 1. The van der Waals surface area contributed by atoms with Crippen LogP contribution >= 0.6 is 34.5 Å². The highest BCUT2D eigenvalue weighted by Gasteiger charge is 2.43. The van der Waals surface area contributed by atoms with Gasteiger partial charge in [-0.15, -0.1) is 0 Å². The molecule has 0 fully saturated rings. The number of nitrogens with zero attached hydrogens (tertiary/aromatic N) is 1. The molecule has 1 heterocycles. The van der Waals surface area contributed by atoms with Crippen molar-refractivity contribution < 1.29 is 23.9 Å². The van der Waals surface area contributed by atoms with E-state index in [0.717, 1.165) is 27.3 Å². The molecule has 2 unspecified atom stereocenters. The van der Waals surface area contributed by atoms with E-state index in [1.807, 2.05) is 67.6 Å². The summed E-state index contributed by atoms with van der Waals surface area (Å²) in [6.45, 7) is 12.7. The Morgan fingerprint density at radius 3 is 2.09 bits per heavy atom. The molecule has 6 nitrogen and oxygen atoms in total. The van der Waals surface area contributed by atoms with E-state index in [4.69, 9.17) is 32.4 Å². The molecule has 1 amide bonds. The first-order chi connectivity index (χ1) is 20.2. The number of thiophene rings is 1. The van der Waals surface area contributed by atoms with Crippen molar-refractivity contribution >= 4 is 60.6 Å². The number of halogens is 2. The Balaban J connectivity index is 1.95. The van der Waals surface area contributed by atoms with Gasteiger partial charge in [0.2, 0.25) is 5.06 Å². The fraction of sp³-hybridized carbons (Fsp3) is 0.273. The molecule has 0 aliphatic carbocycles. The third-order valence-corrected chi connectivity index (χ3v) is 13.8. The molecule has 1 aromatic heterocycles. The molecule has 0 saturated carbocycles. The number of anilines is 1.